The Bertz CT molecular complexity index is 542. The van der Waals surface area contributed by atoms with E-state index in [4.69, 9.17) is 9.47 Å². The number of hydrogen-bond donors (Lipinski definition) is 1. The molecule has 23 heavy (non-hydrogen) atoms. The number of amides is 1. The fourth-order valence-electron chi connectivity index (χ4n) is 1.83. The molecule has 0 atom stereocenters. The molecule has 0 fully saturated rings. The maximum Gasteiger partial charge on any atom is 0.308 e. The molecule has 1 aromatic rings. The predicted molar refractivity (Wildman–Crippen MR) is 85.2 cm³/mol. The molecule has 0 spiro atoms. The second kappa shape index (κ2) is 10.4. The first-order valence-electron chi connectivity index (χ1n) is 7.75. The van der Waals surface area contributed by atoms with Crippen molar-refractivity contribution in [3.8, 4) is 5.75 Å². The van der Waals surface area contributed by atoms with Crippen LogP contribution in [-0.2, 0) is 14.3 Å². The van der Waals surface area contributed by atoms with Crippen LogP contribution in [0.5, 0.6) is 5.75 Å². The Balaban J connectivity index is 2.37. The molecular weight excluding hydrogens is 298 g/mol. The van der Waals surface area contributed by atoms with Gasteiger partial charge in [-0.1, -0.05) is 25.5 Å². The molecule has 0 aromatic heterocycles. The van der Waals surface area contributed by atoms with Crippen molar-refractivity contribution < 1.29 is 23.9 Å². The highest BCUT2D eigenvalue weighted by molar-refractivity contribution is 5.97. The Morgan fingerprint density at radius 1 is 1.13 bits per heavy atom. The minimum Gasteiger partial charge on any atom is -0.466 e. The van der Waals surface area contributed by atoms with Gasteiger partial charge in [-0.2, -0.15) is 0 Å². The van der Waals surface area contributed by atoms with Gasteiger partial charge >= 0.3 is 11.9 Å². The van der Waals surface area contributed by atoms with Crippen molar-refractivity contribution in [2.75, 3.05) is 13.2 Å². The van der Waals surface area contributed by atoms with Crippen molar-refractivity contribution in [2.24, 2.45) is 0 Å². The smallest absolute Gasteiger partial charge is 0.308 e. The number of carbonyl (C=O) groups excluding carboxylic acids is 3. The molecule has 6 nitrogen and oxygen atoms in total. The third-order valence-electron chi connectivity index (χ3n) is 2.99. The number of benzene rings is 1. The number of para-hydroxylation sites is 1. The fourth-order valence-corrected chi connectivity index (χ4v) is 1.83. The van der Waals surface area contributed by atoms with E-state index in [-0.39, 0.29) is 29.6 Å². The molecule has 1 rings (SSSR count). The molecule has 0 bridgehead atoms. The van der Waals surface area contributed by atoms with Crippen molar-refractivity contribution >= 4 is 17.8 Å². The molecule has 0 heterocycles. The molecule has 0 aliphatic heterocycles. The van der Waals surface area contributed by atoms with Crippen LogP contribution in [0.1, 0.15) is 49.9 Å². The van der Waals surface area contributed by atoms with Gasteiger partial charge in [0.15, 0.2) is 0 Å². The average Bonchev–Trinajstić information content (AvgIpc) is 2.51. The average molecular weight is 321 g/mol. The summed E-state index contributed by atoms with van der Waals surface area (Å²) in [4.78, 5) is 34.5. The van der Waals surface area contributed by atoms with Crippen LogP contribution in [0.3, 0.4) is 0 Å². The fraction of sp³-hybridized carbons (Fsp3) is 0.471. The van der Waals surface area contributed by atoms with Gasteiger partial charge in [0.25, 0.3) is 5.91 Å². The van der Waals surface area contributed by atoms with E-state index in [9.17, 15) is 14.4 Å². The topological polar surface area (TPSA) is 81.7 Å². The highest BCUT2D eigenvalue weighted by atomic mass is 16.5. The number of esters is 2. The lowest BCUT2D eigenvalue weighted by Gasteiger charge is -2.09. The van der Waals surface area contributed by atoms with Crippen molar-refractivity contribution in [2.45, 2.75) is 39.5 Å². The number of rotatable bonds is 9. The van der Waals surface area contributed by atoms with Crippen LogP contribution >= 0.6 is 0 Å². The normalized spacial score (nSPS) is 10.0. The molecule has 126 valence electrons. The van der Waals surface area contributed by atoms with Gasteiger partial charge in [0, 0.05) is 19.9 Å². The third-order valence-corrected chi connectivity index (χ3v) is 2.99. The zero-order valence-corrected chi connectivity index (χ0v) is 13.6. The third kappa shape index (κ3) is 7.44. The zero-order valence-electron chi connectivity index (χ0n) is 13.6. The molecule has 0 radical (unpaired) electrons. The maximum atomic E-state index is 12.1. The number of ether oxygens (including phenoxy) is 2. The van der Waals surface area contributed by atoms with Crippen LogP contribution in [0.15, 0.2) is 24.3 Å². The molecule has 0 saturated carbocycles. The van der Waals surface area contributed by atoms with Crippen molar-refractivity contribution in [3.63, 3.8) is 0 Å². The van der Waals surface area contributed by atoms with Crippen molar-refractivity contribution in [1.29, 1.82) is 0 Å². The number of hydrogen-bond acceptors (Lipinski definition) is 5. The summed E-state index contributed by atoms with van der Waals surface area (Å²) in [7, 11) is 0. The summed E-state index contributed by atoms with van der Waals surface area (Å²) in [5, 5.41) is 2.70. The summed E-state index contributed by atoms with van der Waals surface area (Å²) in [5.41, 5.74) is 0.285. The van der Waals surface area contributed by atoms with Crippen LogP contribution in [0.2, 0.25) is 0 Å². The Kier molecular flexibility index (Phi) is 8.42. The van der Waals surface area contributed by atoms with Gasteiger partial charge in [0.1, 0.15) is 5.75 Å². The molecule has 1 aromatic carbocycles. The van der Waals surface area contributed by atoms with Gasteiger partial charge < -0.3 is 14.8 Å². The first-order chi connectivity index (χ1) is 11.0. The van der Waals surface area contributed by atoms with Gasteiger partial charge in [-0.3, -0.25) is 14.4 Å². The van der Waals surface area contributed by atoms with E-state index in [1.54, 1.807) is 24.3 Å². The zero-order chi connectivity index (χ0) is 17.1. The van der Waals surface area contributed by atoms with E-state index in [2.05, 4.69) is 5.32 Å². The Labute approximate surface area is 136 Å². The van der Waals surface area contributed by atoms with E-state index in [1.165, 1.54) is 6.92 Å². The minimum absolute atomic E-state index is 0.219. The standard InChI is InChI=1S/C17H23NO5/c1-3-4-12-22-16(20)10-7-11-18-17(21)14-8-5-6-9-15(14)23-13(2)19/h5-6,8-9H,3-4,7,10-12H2,1-2H3,(H,18,21). The highest BCUT2D eigenvalue weighted by Crippen LogP contribution is 2.17. The molecular formula is C17H23NO5. The van der Waals surface area contributed by atoms with Gasteiger partial charge in [-0.25, -0.2) is 0 Å². The molecule has 1 N–H and O–H groups in total. The largest absolute Gasteiger partial charge is 0.466 e. The maximum absolute atomic E-state index is 12.1. The second-order valence-corrected chi connectivity index (χ2v) is 5.02. The lowest BCUT2D eigenvalue weighted by atomic mass is 10.2. The molecule has 0 aliphatic carbocycles. The second-order valence-electron chi connectivity index (χ2n) is 5.02. The monoisotopic (exact) mass is 321 g/mol. The summed E-state index contributed by atoms with van der Waals surface area (Å²) >= 11 is 0. The van der Waals surface area contributed by atoms with Gasteiger partial charge in [-0.15, -0.1) is 0 Å². The van der Waals surface area contributed by atoms with Gasteiger partial charge in [0.05, 0.1) is 12.2 Å². The van der Waals surface area contributed by atoms with Crippen LogP contribution in [0.4, 0.5) is 0 Å². The van der Waals surface area contributed by atoms with E-state index in [0.717, 1.165) is 12.8 Å². The number of unbranched alkanes of at least 4 members (excludes halogenated alkanes) is 1. The summed E-state index contributed by atoms with van der Waals surface area (Å²) in [6, 6.07) is 6.50. The van der Waals surface area contributed by atoms with Crippen LogP contribution in [0.25, 0.3) is 0 Å². The summed E-state index contributed by atoms with van der Waals surface area (Å²) in [5.74, 6) is -0.870. The van der Waals surface area contributed by atoms with Crippen LogP contribution < -0.4 is 10.1 Å². The lowest BCUT2D eigenvalue weighted by Crippen LogP contribution is -2.25. The molecule has 0 saturated heterocycles. The Morgan fingerprint density at radius 2 is 1.87 bits per heavy atom. The highest BCUT2D eigenvalue weighted by Gasteiger charge is 2.13. The Hall–Kier alpha value is -2.37. The summed E-state index contributed by atoms with van der Waals surface area (Å²) in [6.45, 7) is 4.09. The Morgan fingerprint density at radius 3 is 2.57 bits per heavy atom. The quantitative estimate of drug-likeness (QED) is 0.429. The summed E-state index contributed by atoms with van der Waals surface area (Å²) in [6.07, 6.45) is 2.59. The van der Waals surface area contributed by atoms with E-state index < -0.39 is 5.97 Å². The van der Waals surface area contributed by atoms with E-state index >= 15 is 0 Å². The molecule has 0 aliphatic rings. The first-order valence-corrected chi connectivity index (χ1v) is 7.75. The van der Waals surface area contributed by atoms with Crippen LogP contribution in [-0.4, -0.2) is 31.0 Å². The van der Waals surface area contributed by atoms with Gasteiger partial charge in [-0.05, 0) is 25.0 Å². The predicted octanol–water partition coefficient (Wildman–Crippen LogP) is 2.47. The lowest BCUT2D eigenvalue weighted by molar-refractivity contribution is -0.143. The van der Waals surface area contributed by atoms with Gasteiger partial charge in [0.2, 0.25) is 0 Å². The molecule has 1 amide bonds. The molecule has 6 heteroatoms. The number of nitrogens with one attached hydrogen (secondary N) is 1. The SMILES string of the molecule is CCCCOC(=O)CCCNC(=O)c1ccccc1OC(C)=O. The number of carbonyl (C=O) groups is 3. The van der Waals surface area contributed by atoms with Crippen molar-refractivity contribution in [3.05, 3.63) is 29.8 Å². The minimum atomic E-state index is -0.486. The van der Waals surface area contributed by atoms with Crippen LogP contribution in [0, 0.1) is 0 Å². The van der Waals surface area contributed by atoms with E-state index in [1.807, 2.05) is 6.92 Å². The molecule has 0 unspecified atom stereocenters. The first kappa shape index (κ1) is 18.7. The van der Waals surface area contributed by atoms with E-state index in [0.29, 0.717) is 19.6 Å². The van der Waals surface area contributed by atoms with Crippen molar-refractivity contribution in [1.82, 2.24) is 5.32 Å². The summed E-state index contributed by atoms with van der Waals surface area (Å²) < 4.78 is 10.0.